The predicted molar refractivity (Wildman–Crippen MR) is 316 cm³/mol. The fourth-order valence-electron chi connectivity index (χ4n) is 14.1. The van der Waals surface area contributed by atoms with Crippen LogP contribution in [0.25, 0.3) is 32.9 Å². The Hall–Kier alpha value is -6.48. The summed E-state index contributed by atoms with van der Waals surface area (Å²) >= 11 is 6.48. The summed E-state index contributed by atoms with van der Waals surface area (Å²) in [4.78, 5) is 78.8. The molecule has 5 amide bonds. The SMILES string of the molecule is CCc1c(F)ccc2cc(OCOC)cc(-c3ncc4c(N5CC6CCC(C5)N6C(=O)OC(C)(C)C)nc(OCC5(CN6CCN(CC7CCC8(CC7)CCN(C(=O)c7ccc(Cl)c(N9CCC(=O)NC9=O)c7)CC8)CC6)CC5)nc4c3F)c12. The van der Waals surface area contributed by atoms with Gasteiger partial charge in [0.25, 0.3) is 5.91 Å². The number of hydrogen-bond donors (Lipinski definition) is 1. The molecule has 2 aromatic heterocycles. The number of aryl methyl sites for hydroxylation is 1. The number of urea groups is 1. The van der Waals surface area contributed by atoms with E-state index in [1.165, 1.54) is 43.8 Å². The second kappa shape index (κ2) is 23.4. The lowest BCUT2D eigenvalue weighted by atomic mass is 9.65. The number of halogens is 3. The Morgan fingerprint density at radius 1 is 0.845 bits per heavy atom. The van der Waals surface area contributed by atoms with Crippen LogP contribution in [0.1, 0.15) is 114 Å². The largest absolute Gasteiger partial charge is 0.468 e. The van der Waals surface area contributed by atoms with Crippen LogP contribution in [0.5, 0.6) is 11.8 Å². The zero-order valence-corrected chi connectivity index (χ0v) is 49.7. The van der Waals surface area contributed by atoms with Gasteiger partial charge in [-0.15, -0.1) is 0 Å². The van der Waals surface area contributed by atoms with Gasteiger partial charge in [-0.05, 0) is 155 Å². The van der Waals surface area contributed by atoms with Crippen molar-refractivity contribution in [2.45, 2.75) is 122 Å². The molecule has 2 bridgehead atoms. The van der Waals surface area contributed by atoms with E-state index < -0.39 is 23.3 Å². The van der Waals surface area contributed by atoms with Crippen LogP contribution < -0.4 is 24.6 Å². The molecule has 2 aliphatic carbocycles. The van der Waals surface area contributed by atoms with E-state index in [1.807, 2.05) is 37.5 Å². The van der Waals surface area contributed by atoms with Gasteiger partial charge in [0, 0.05) is 108 Å². The number of imide groups is 1. The second-order valence-corrected chi connectivity index (χ2v) is 26.1. The summed E-state index contributed by atoms with van der Waals surface area (Å²) in [5.41, 5.74) is 1.28. The Morgan fingerprint density at radius 3 is 2.25 bits per heavy atom. The molecule has 7 heterocycles. The fraction of sp³-hybridized carbons (Fsp3) is 0.571. The maximum absolute atomic E-state index is 17.7. The van der Waals surface area contributed by atoms with Gasteiger partial charge in [-0.25, -0.2) is 18.4 Å². The van der Waals surface area contributed by atoms with Gasteiger partial charge >= 0.3 is 18.1 Å². The van der Waals surface area contributed by atoms with E-state index in [4.69, 9.17) is 45.5 Å². The lowest BCUT2D eigenvalue weighted by Gasteiger charge is -2.47. The Morgan fingerprint density at radius 2 is 1.57 bits per heavy atom. The van der Waals surface area contributed by atoms with Gasteiger partial charge in [-0.3, -0.25) is 29.7 Å². The molecule has 84 heavy (non-hydrogen) atoms. The maximum atomic E-state index is 17.7. The van der Waals surface area contributed by atoms with Gasteiger partial charge in [-0.2, -0.15) is 9.97 Å². The highest BCUT2D eigenvalue weighted by Gasteiger charge is 2.48. The first-order valence-electron chi connectivity index (χ1n) is 30.2. The van der Waals surface area contributed by atoms with E-state index in [9.17, 15) is 19.2 Å². The number of amides is 5. The molecule has 2 unspecified atom stereocenters. The van der Waals surface area contributed by atoms with E-state index in [0.717, 1.165) is 77.8 Å². The predicted octanol–water partition coefficient (Wildman–Crippen LogP) is 10.2. The van der Waals surface area contributed by atoms with Crippen molar-refractivity contribution in [1.82, 2.24) is 39.9 Å². The number of aromatic nitrogens is 3. The lowest BCUT2D eigenvalue weighted by Crippen LogP contribution is -2.57. The third-order valence-corrected chi connectivity index (χ3v) is 19.3. The molecular formula is C63H77ClF2N10O8. The maximum Gasteiger partial charge on any atom is 0.410 e. The van der Waals surface area contributed by atoms with E-state index in [2.05, 4.69) is 20.0 Å². The number of fused-ring (bicyclic) bond motifs is 4. The highest BCUT2D eigenvalue weighted by molar-refractivity contribution is 6.34. The number of likely N-dealkylation sites (tertiary alicyclic amines) is 1. The highest BCUT2D eigenvalue weighted by atomic mass is 35.5. The summed E-state index contributed by atoms with van der Waals surface area (Å²) in [6, 6.07) is 10.9. The average molecular weight is 1180 g/mol. The summed E-state index contributed by atoms with van der Waals surface area (Å²) in [7, 11) is 1.52. The molecule has 18 nitrogen and oxygen atoms in total. The van der Waals surface area contributed by atoms with E-state index in [1.54, 1.807) is 42.6 Å². The van der Waals surface area contributed by atoms with Crippen LogP contribution in [0.15, 0.2) is 48.7 Å². The third kappa shape index (κ3) is 11.9. The molecule has 7 aliphatic rings. The van der Waals surface area contributed by atoms with E-state index in [0.29, 0.717) is 100 Å². The number of piperazine rings is 2. The molecule has 0 radical (unpaired) electrons. The zero-order chi connectivity index (χ0) is 58.7. The van der Waals surface area contributed by atoms with Crippen LogP contribution in [-0.2, 0) is 20.7 Å². The number of hydrogen-bond acceptors (Lipinski definition) is 14. The standard InChI is InChI=1S/C63H77ClF2N10O8/c1-6-45-49(65)12-8-40-29-44(83-38-81-5)31-46(52(40)45)54-53(66)55-47(32-67-54)56(74-34-42-9-10-43(35-74)76(42)60(80)84-61(2,3)4)70-58(69-55)82-37-63(18-19-63)36-72-27-25-71(26-28-72)33-39-13-16-62(17-14-39)20-23-73(24-21-62)57(78)41-7-11-48(64)50(30-41)75-22-15-51(77)68-59(75)79/h7-8,11-12,29-32,39,42-43H,6,9-10,13-28,33-38H2,1-5H3,(H,68,77,79). The van der Waals surface area contributed by atoms with Gasteiger partial charge in [0.1, 0.15) is 34.2 Å². The summed E-state index contributed by atoms with van der Waals surface area (Å²) in [6.45, 7) is 16.2. The van der Waals surface area contributed by atoms with Gasteiger partial charge in [0.2, 0.25) is 5.91 Å². The number of carbonyl (C=O) groups is 4. The van der Waals surface area contributed by atoms with Crippen molar-refractivity contribution in [2.24, 2.45) is 16.7 Å². The minimum absolute atomic E-state index is 0.00185. The molecule has 3 aromatic carbocycles. The Bertz CT molecular complexity index is 3340. The smallest absolute Gasteiger partial charge is 0.410 e. The Kier molecular flexibility index (Phi) is 16.1. The molecule has 7 fully saturated rings. The number of benzene rings is 3. The number of methoxy groups -OCH3 is 1. The second-order valence-electron chi connectivity index (χ2n) is 25.7. The molecule has 2 atom stereocenters. The summed E-state index contributed by atoms with van der Waals surface area (Å²) in [5, 5.41) is 4.31. The summed E-state index contributed by atoms with van der Waals surface area (Å²) in [5.74, 6) is 0.0784. The normalized spacial score (nSPS) is 22.0. The van der Waals surface area contributed by atoms with E-state index >= 15 is 8.78 Å². The van der Waals surface area contributed by atoms with Crippen LogP contribution in [-0.4, -0.2) is 169 Å². The number of nitrogens with one attached hydrogen (secondary N) is 1. The molecule has 5 aromatic rings. The van der Waals surface area contributed by atoms with Crippen LogP contribution in [0.4, 0.5) is 29.9 Å². The Labute approximate surface area is 494 Å². The number of carbonyl (C=O) groups excluding carboxylic acids is 4. The van der Waals surface area contributed by atoms with Crippen molar-refractivity contribution in [1.29, 1.82) is 0 Å². The number of ether oxygens (including phenoxy) is 4. The molecule has 1 spiro atoms. The molecule has 448 valence electrons. The minimum Gasteiger partial charge on any atom is -0.468 e. The zero-order valence-electron chi connectivity index (χ0n) is 49.0. The van der Waals surface area contributed by atoms with Crippen LogP contribution in [0.3, 0.4) is 0 Å². The van der Waals surface area contributed by atoms with Crippen LogP contribution >= 0.6 is 11.6 Å². The molecule has 12 rings (SSSR count). The number of anilines is 2. The quantitative estimate of drug-likeness (QED) is 0.0980. The first-order valence-corrected chi connectivity index (χ1v) is 30.5. The fourth-order valence-corrected chi connectivity index (χ4v) is 14.4. The molecule has 5 saturated heterocycles. The summed E-state index contributed by atoms with van der Waals surface area (Å²) in [6.07, 6.45) is 12.1. The van der Waals surface area contributed by atoms with Crippen LogP contribution in [0.2, 0.25) is 5.02 Å². The molecule has 5 aliphatic heterocycles. The Balaban J connectivity index is 0.691. The van der Waals surface area contributed by atoms with Gasteiger partial charge in [0.15, 0.2) is 12.6 Å². The number of rotatable bonds is 15. The molecule has 21 heteroatoms. The number of nitrogens with zero attached hydrogens (tertiary/aromatic N) is 9. The van der Waals surface area contributed by atoms with Gasteiger partial charge in [-0.1, -0.05) is 24.6 Å². The van der Waals surface area contributed by atoms with Crippen molar-refractivity contribution in [2.75, 3.05) is 102 Å². The lowest BCUT2D eigenvalue weighted by molar-refractivity contribution is -0.120. The van der Waals surface area contributed by atoms with Crippen molar-refractivity contribution < 1.29 is 46.9 Å². The van der Waals surface area contributed by atoms with Crippen molar-refractivity contribution in [3.05, 3.63) is 76.4 Å². The van der Waals surface area contributed by atoms with Gasteiger partial charge in [0.05, 0.1) is 34.8 Å². The van der Waals surface area contributed by atoms with E-state index in [-0.39, 0.29) is 77.8 Å². The number of piperidine rings is 1. The van der Waals surface area contributed by atoms with Crippen molar-refractivity contribution in [3.63, 3.8) is 0 Å². The molecule has 1 N–H and O–H groups in total. The monoisotopic (exact) mass is 1170 g/mol. The molecule has 2 saturated carbocycles. The third-order valence-electron chi connectivity index (χ3n) is 18.9. The molecular weight excluding hydrogens is 1100 g/mol. The van der Waals surface area contributed by atoms with Crippen molar-refractivity contribution >= 4 is 68.7 Å². The average Bonchev–Trinajstić information content (AvgIpc) is 2.30. The topological polar surface area (TPSA) is 175 Å². The number of pyridine rings is 1. The van der Waals surface area contributed by atoms with Crippen LogP contribution in [0, 0.1) is 28.4 Å². The minimum atomic E-state index is -0.687. The highest BCUT2D eigenvalue weighted by Crippen LogP contribution is 2.49. The first-order chi connectivity index (χ1) is 40.4. The summed E-state index contributed by atoms with van der Waals surface area (Å²) < 4.78 is 56.9. The van der Waals surface area contributed by atoms with Crippen molar-refractivity contribution in [3.8, 4) is 23.0 Å². The van der Waals surface area contributed by atoms with Gasteiger partial charge < -0.3 is 38.5 Å². The first kappa shape index (κ1) is 57.9.